The minimum absolute atomic E-state index is 0.0654. The van der Waals surface area contributed by atoms with E-state index >= 15 is 0 Å². The van der Waals surface area contributed by atoms with Crippen LogP contribution in [0.3, 0.4) is 0 Å². The molecule has 0 saturated carbocycles. The van der Waals surface area contributed by atoms with Crippen molar-refractivity contribution in [3.05, 3.63) is 66.0 Å². The fourth-order valence-electron chi connectivity index (χ4n) is 2.40. The van der Waals surface area contributed by atoms with E-state index in [4.69, 9.17) is 4.74 Å². The van der Waals surface area contributed by atoms with Gasteiger partial charge in [-0.2, -0.15) is 0 Å². The Morgan fingerprint density at radius 1 is 1.08 bits per heavy atom. The van der Waals surface area contributed by atoms with Crippen molar-refractivity contribution in [2.24, 2.45) is 0 Å². The van der Waals surface area contributed by atoms with Crippen LogP contribution >= 0.6 is 0 Å². The fourth-order valence-corrected chi connectivity index (χ4v) is 2.40. The van der Waals surface area contributed by atoms with E-state index in [0.29, 0.717) is 16.7 Å². The molecule has 3 aromatic rings. The van der Waals surface area contributed by atoms with Crippen molar-refractivity contribution >= 4 is 28.6 Å². The number of rotatable bonds is 5. The van der Waals surface area contributed by atoms with Crippen molar-refractivity contribution in [3.63, 3.8) is 0 Å². The van der Waals surface area contributed by atoms with Gasteiger partial charge in [0.25, 0.3) is 5.91 Å². The molecule has 0 aliphatic heterocycles. The number of hydrogen-bond donors (Lipinski definition) is 1. The van der Waals surface area contributed by atoms with Gasteiger partial charge in [0.1, 0.15) is 0 Å². The monoisotopic (exact) mass is 349 g/mol. The van der Waals surface area contributed by atoms with Gasteiger partial charge in [0, 0.05) is 5.69 Å². The van der Waals surface area contributed by atoms with Gasteiger partial charge >= 0.3 is 5.97 Å². The topological polar surface area (TPSA) is 81.2 Å². The van der Waals surface area contributed by atoms with Crippen LogP contribution < -0.4 is 5.32 Å². The molecule has 1 unspecified atom stereocenters. The van der Waals surface area contributed by atoms with E-state index in [-0.39, 0.29) is 5.69 Å². The quantitative estimate of drug-likeness (QED) is 0.714. The van der Waals surface area contributed by atoms with Crippen molar-refractivity contribution in [3.8, 4) is 0 Å². The van der Waals surface area contributed by atoms with Gasteiger partial charge in [-0.1, -0.05) is 31.2 Å². The summed E-state index contributed by atoms with van der Waals surface area (Å²) < 4.78 is 5.21. The number of fused-ring (bicyclic) bond motifs is 1. The maximum Gasteiger partial charge on any atom is 0.359 e. The standard InChI is InChI=1S/C20H19N3O3/c1-3-14-8-10-15(11-9-14)22-19(24)13(2)26-20(25)18-12-21-16-6-4-5-7-17(16)23-18/h4-13H,3H2,1-2H3,(H,22,24). The fraction of sp³-hybridized carbons (Fsp3) is 0.200. The molecule has 2 aromatic carbocycles. The van der Waals surface area contributed by atoms with E-state index in [2.05, 4.69) is 22.2 Å². The maximum atomic E-state index is 12.2. The third kappa shape index (κ3) is 4.03. The smallest absolute Gasteiger partial charge is 0.359 e. The first-order valence-electron chi connectivity index (χ1n) is 8.39. The van der Waals surface area contributed by atoms with Gasteiger partial charge in [0.2, 0.25) is 0 Å². The number of nitrogens with zero attached hydrogens (tertiary/aromatic N) is 2. The molecule has 0 radical (unpaired) electrons. The second-order valence-electron chi connectivity index (χ2n) is 5.83. The molecule has 3 rings (SSSR count). The molecule has 1 N–H and O–H groups in total. The number of nitrogens with one attached hydrogen (secondary N) is 1. The van der Waals surface area contributed by atoms with E-state index < -0.39 is 18.0 Å². The minimum atomic E-state index is -0.957. The third-order valence-corrected chi connectivity index (χ3v) is 3.94. The first-order chi connectivity index (χ1) is 12.6. The minimum Gasteiger partial charge on any atom is -0.448 e. The van der Waals surface area contributed by atoms with Gasteiger partial charge in [-0.3, -0.25) is 9.78 Å². The summed E-state index contributed by atoms with van der Waals surface area (Å²) in [4.78, 5) is 32.9. The van der Waals surface area contributed by atoms with Crippen LogP contribution in [0.2, 0.25) is 0 Å². The number of anilines is 1. The van der Waals surface area contributed by atoms with Gasteiger partial charge in [-0.05, 0) is 43.2 Å². The molecular formula is C20H19N3O3. The summed E-state index contributed by atoms with van der Waals surface area (Å²) in [6.45, 7) is 3.58. The first-order valence-corrected chi connectivity index (χ1v) is 8.39. The first kappa shape index (κ1) is 17.5. The molecule has 26 heavy (non-hydrogen) atoms. The average molecular weight is 349 g/mol. The highest BCUT2D eigenvalue weighted by Gasteiger charge is 2.20. The van der Waals surface area contributed by atoms with Gasteiger partial charge in [0.15, 0.2) is 11.8 Å². The molecule has 0 spiro atoms. The van der Waals surface area contributed by atoms with Crippen molar-refractivity contribution in [2.75, 3.05) is 5.32 Å². The number of esters is 1. The molecule has 6 heteroatoms. The predicted octanol–water partition coefficient (Wildman–Crippen LogP) is 3.38. The van der Waals surface area contributed by atoms with Gasteiger partial charge in [-0.25, -0.2) is 9.78 Å². The molecule has 0 bridgehead atoms. The molecule has 0 aliphatic rings. The van der Waals surface area contributed by atoms with Crippen LogP contribution in [0, 0.1) is 0 Å². The summed E-state index contributed by atoms with van der Waals surface area (Å²) in [5.74, 6) is -1.09. The maximum absolute atomic E-state index is 12.2. The molecule has 132 valence electrons. The summed E-state index contributed by atoms with van der Waals surface area (Å²) in [5.41, 5.74) is 3.18. The van der Waals surface area contributed by atoms with Gasteiger partial charge in [-0.15, -0.1) is 0 Å². The van der Waals surface area contributed by atoms with E-state index in [1.807, 2.05) is 36.4 Å². The average Bonchev–Trinajstić information content (AvgIpc) is 2.68. The lowest BCUT2D eigenvalue weighted by Gasteiger charge is -2.13. The summed E-state index contributed by atoms with van der Waals surface area (Å²) in [6.07, 6.45) is 1.31. The van der Waals surface area contributed by atoms with E-state index in [1.54, 1.807) is 12.1 Å². The Labute approximate surface area is 151 Å². The number of carbonyl (C=O) groups excluding carboxylic acids is 2. The Morgan fingerprint density at radius 3 is 2.46 bits per heavy atom. The van der Waals surface area contributed by atoms with E-state index in [1.165, 1.54) is 18.7 Å². The van der Waals surface area contributed by atoms with Crippen LogP contribution in [0.25, 0.3) is 11.0 Å². The van der Waals surface area contributed by atoms with Crippen molar-refractivity contribution in [2.45, 2.75) is 26.4 Å². The highest BCUT2D eigenvalue weighted by Crippen LogP contribution is 2.12. The third-order valence-electron chi connectivity index (χ3n) is 3.94. The molecule has 0 aliphatic carbocycles. The molecule has 6 nitrogen and oxygen atoms in total. The Bertz CT molecular complexity index is 938. The lowest BCUT2D eigenvalue weighted by atomic mass is 10.1. The Balaban J connectivity index is 1.64. The zero-order valence-electron chi connectivity index (χ0n) is 14.6. The molecule has 1 heterocycles. The Morgan fingerprint density at radius 2 is 1.77 bits per heavy atom. The second kappa shape index (κ2) is 7.74. The SMILES string of the molecule is CCc1ccc(NC(=O)C(C)OC(=O)c2cnc3ccccc3n2)cc1. The number of aromatic nitrogens is 2. The number of amides is 1. The summed E-state index contributed by atoms with van der Waals surface area (Å²) in [5, 5.41) is 2.73. The van der Waals surface area contributed by atoms with Gasteiger partial charge < -0.3 is 10.1 Å². The molecular weight excluding hydrogens is 330 g/mol. The molecule has 0 saturated heterocycles. The summed E-state index contributed by atoms with van der Waals surface area (Å²) in [6, 6.07) is 14.7. The van der Waals surface area contributed by atoms with E-state index in [0.717, 1.165) is 6.42 Å². The number of benzene rings is 2. The summed E-state index contributed by atoms with van der Waals surface area (Å²) in [7, 11) is 0. The predicted molar refractivity (Wildman–Crippen MR) is 98.9 cm³/mol. The Hall–Kier alpha value is -3.28. The normalized spacial score (nSPS) is 11.8. The molecule has 1 atom stereocenters. The number of ether oxygens (including phenoxy) is 1. The lowest BCUT2D eigenvalue weighted by Crippen LogP contribution is -2.30. The summed E-state index contributed by atoms with van der Waals surface area (Å²) >= 11 is 0. The van der Waals surface area contributed by atoms with Crippen LogP contribution in [0.15, 0.2) is 54.7 Å². The van der Waals surface area contributed by atoms with Crippen LogP contribution in [0.1, 0.15) is 29.9 Å². The molecule has 1 aromatic heterocycles. The molecule has 0 fully saturated rings. The largest absolute Gasteiger partial charge is 0.448 e. The highest BCUT2D eigenvalue weighted by atomic mass is 16.5. The van der Waals surface area contributed by atoms with Crippen LogP contribution in [-0.2, 0) is 16.0 Å². The van der Waals surface area contributed by atoms with Crippen molar-refractivity contribution in [1.29, 1.82) is 0 Å². The number of aryl methyl sites for hydroxylation is 1. The molecule has 1 amide bonds. The van der Waals surface area contributed by atoms with Crippen LogP contribution in [-0.4, -0.2) is 27.9 Å². The highest BCUT2D eigenvalue weighted by molar-refractivity contribution is 5.97. The van der Waals surface area contributed by atoms with Crippen LogP contribution in [0.4, 0.5) is 5.69 Å². The van der Waals surface area contributed by atoms with Crippen LogP contribution in [0.5, 0.6) is 0 Å². The number of para-hydroxylation sites is 2. The second-order valence-corrected chi connectivity index (χ2v) is 5.83. The number of hydrogen-bond acceptors (Lipinski definition) is 5. The Kier molecular flexibility index (Phi) is 5.22. The zero-order chi connectivity index (χ0) is 18.5. The van der Waals surface area contributed by atoms with Gasteiger partial charge in [0.05, 0.1) is 17.2 Å². The van der Waals surface area contributed by atoms with Crippen molar-refractivity contribution in [1.82, 2.24) is 9.97 Å². The lowest BCUT2D eigenvalue weighted by molar-refractivity contribution is -0.123. The van der Waals surface area contributed by atoms with E-state index in [9.17, 15) is 9.59 Å². The zero-order valence-corrected chi connectivity index (χ0v) is 14.6. The van der Waals surface area contributed by atoms with Crippen molar-refractivity contribution < 1.29 is 14.3 Å². The number of carbonyl (C=O) groups is 2.